The van der Waals surface area contributed by atoms with Crippen LogP contribution in [-0.2, 0) is 0 Å². The number of hydrogen-bond acceptors (Lipinski definition) is 5. The van der Waals surface area contributed by atoms with Crippen LogP contribution >= 0.6 is 0 Å². The Kier molecular flexibility index (Phi) is 3.93. The fourth-order valence-electron chi connectivity index (χ4n) is 1.75. The van der Waals surface area contributed by atoms with Crippen molar-refractivity contribution in [3.05, 3.63) is 47.5 Å². The summed E-state index contributed by atoms with van der Waals surface area (Å²) in [6.07, 6.45) is 0. The Bertz CT molecular complexity index is 657. The predicted molar refractivity (Wildman–Crippen MR) is 76.3 cm³/mol. The minimum absolute atomic E-state index is 0.0266. The number of aromatic hydroxyl groups is 2. The molecule has 0 heterocycles. The monoisotopic (exact) mass is 286 g/mol. The van der Waals surface area contributed by atoms with E-state index in [1.165, 1.54) is 50.2 Å². The van der Waals surface area contributed by atoms with Crippen LogP contribution in [-0.4, -0.2) is 21.8 Å². The number of phenolic OH excluding ortho intramolecular Hbond substituents is 2. The molecule has 0 radical (unpaired) electrons. The molecule has 2 aromatic rings. The predicted octanol–water partition coefficient (Wildman–Crippen LogP) is 3.30. The number of Topliss-reactive ketones (excluding diaryl/α,β-unsaturated/α-hetero) is 2. The van der Waals surface area contributed by atoms with Crippen molar-refractivity contribution in [2.45, 2.75) is 13.8 Å². The second kappa shape index (κ2) is 5.66. The van der Waals surface area contributed by atoms with Crippen molar-refractivity contribution < 1.29 is 24.5 Å². The molecule has 2 N–H and O–H groups in total. The summed E-state index contributed by atoms with van der Waals surface area (Å²) >= 11 is 0. The van der Waals surface area contributed by atoms with Gasteiger partial charge in [0.15, 0.2) is 34.6 Å². The van der Waals surface area contributed by atoms with Crippen LogP contribution in [0.2, 0.25) is 0 Å². The van der Waals surface area contributed by atoms with Gasteiger partial charge in [-0.1, -0.05) is 0 Å². The number of ketones is 2. The van der Waals surface area contributed by atoms with E-state index >= 15 is 0 Å². The molecule has 0 aliphatic carbocycles. The summed E-state index contributed by atoms with van der Waals surface area (Å²) in [4.78, 5) is 22.7. The fourth-order valence-corrected chi connectivity index (χ4v) is 1.75. The minimum atomic E-state index is -0.179. The Morgan fingerprint density at radius 2 is 1.19 bits per heavy atom. The van der Waals surface area contributed by atoms with E-state index in [0.29, 0.717) is 11.1 Å². The van der Waals surface area contributed by atoms with Crippen LogP contribution in [0.1, 0.15) is 34.6 Å². The lowest BCUT2D eigenvalue weighted by Crippen LogP contribution is -1.95. The SMILES string of the molecule is CC(=O)c1ccc(O)c(Oc2cc(C(C)=O)ccc2O)c1. The average molecular weight is 286 g/mol. The third kappa shape index (κ3) is 3.20. The summed E-state index contributed by atoms with van der Waals surface area (Å²) < 4.78 is 5.42. The standard InChI is InChI=1S/C16H14O5/c1-9(17)11-3-5-13(19)15(7-11)21-16-8-12(10(2)18)4-6-14(16)20/h3-8,19-20H,1-2H3. The van der Waals surface area contributed by atoms with Gasteiger partial charge in [0.2, 0.25) is 0 Å². The van der Waals surface area contributed by atoms with Gasteiger partial charge in [0, 0.05) is 11.1 Å². The van der Waals surface area contributed by atoms with Crippen molar-refractivity contribution in [1.29, 1.82) is 0 Å². The molecule has 0 aliphatic heterocycles. The highest BCUT2D eigenvalue weighted by Crippen LogP contribution is 2.36. The van der Waals surface area contributed by atoms with Crippen molar-refractivity contribution >= 4 is 11.6 Å². The number of phenols is 2. The second-order valence-electron chi connectivity index (χ2n) is 4.58. The topological polar surface area (TPSA) is 83.8 Å². The largest absolute Gasteiger partial charge is 0.504 e. The zero-order chi connectivity index (χ0) is 15.6. The lowest BCUT2D eigenvalue weighted by atomic mass is 10.1. The van der Waals surface area contributed by atoms with Gasteiger partial charge in [0.05, 0.1) is 0 Å². The molecule has 2 rings (SSSR count). The summed E-state index contributed by atoms with van der Waals surface area (Å²) in [6, 6.07) is 8.34. The molecule has 0 spiro atoms. The molecule has 5 nitrogen and oxygen atoms in total. The van der Waals surface area contributed by atoms with E-state index in [1.807, 2.05) is 0 Å². The Labute approximate surface area is 121 Å². The van der Waals surface area contributed by atoms with Gasteiger partial charge >= 0.3 is 0 Å². The lowest BCUT2D eigenvalue weighted by molar-refractivity contribution is 0.100. The van der Waals surface area contributed by atoms with Crippen LogP contribution in [0.25, 0.3) is 0 Å². The molecule has 0 aliphatic rings. The first-order valence-corrected chi connectivity index (χ1v) is 6.24. The van der Waals surface area contributed by atoms with Crippen molar-refractivity contribution in [2.75, 3.05) is 0 Å². The van der Waals surface area contributed by atoms with Crippen LogP contribution in [0.4, 0.5) is 0 Å². The van der Waals surface area contributed by atoms with Crippen molar-refractivity contribution in [1.82, 2.24) is 0 Å². The maximum absolute atomic E-state index is 11.3. The Hall–Kier alpha value is -2.82. The molecule has 0 amide bonds. The quantitative estimate of drug-likeness (QED) is 0.842. The number of ether oxygens (including phenoxy) is 1. The molecular formula is C16H14O5. The molecule has 0 atom stereocenters. The van der Waals surface area contributed by atoms with Crippen LogP contribution in [0.3, 0.4) is 0 Å². The van der Waals surface area contributed by atoms with E-state index < -0.39 is 0 Å². The lowest BCUT2D eigenvalue weighted by Gasteiger charge is -2.11. The third-order valence-electron chi connectivity index (χ3n) is 2.95. The number of carbonyl (C=O) groups is 2. The first-order valence-electron chi connectivity index (χ1n) is 6.24. The van der Waals surface area contributed by atoms with E-state index in [4.69, 9.17) is 4.74 Å². The molecule has 0 fully saturated rings. The normalized spacial score (nSPS) is 10.2. The van der Waals surface area contributed by atoms with Crippen LogP contribution in [0.5, 0.6) is 23.0 Å². The van der Waals surface area contributed by atoms with E-state index in [1.54, 1.807) is 0 Å². The van der Waals surface area contributed by atoms with Gasteiger partial charge in [-0.25, -0.2) is 0 Å². The van der Waals surface area contributed by atoms with Crippen molar-refractivity contribution in [3.8, 4) is 23.0 Å². The van der Waals surface area contributed by atoms with Gasteiger partial charge in [0.1, 0.15) is 0 Å². The van der Waals surface area contributed by atoms with E-state index in [9.17, 15) is 19.8 Å². The summed E-state index contributed by atoms with van der Waals surface area (Å²) in [7, 11) is 0. The molecule has 0 aromatic heterocycles. The maximum Gasteiger partial charge on any atom is 0.169 e. The van der Waals surface area contributed by atoms with Crippen LogP contribution in [0.15, 0.2) is 36.4 Å². The summed E-state index contributed by atoms with van der Waals surface area (Å²) in [5, 5.41) is 19.5. The van der Waals surface area contributed by atoms with Gasteiger partial charge in [-0.2, -0.15) is 0 Å². The summed E-state index contributed by atoms with van der Waals surface area (Å²) in [6.45, 7) is 2.79. The summed E-state index contributed by atoms with van der Waals surface area (Å²) in [5.74, 6) is -0.652. The van der Waals surface area contributed by atoms with Gasteiger partial charge in [-0.3, -0.25) is 9.59 Å². The third-order valence-corrected chi connectivity index (χ3v) is 2.95. The molecule has 21 heavy (non-hydrogen) atoms. The van der Waals surface area contributed by atoms with Crippen molar-refractivity contribution in [3.63, 3.8) is 0 Å². The smallest absolute Gasteiger partial charge is 0.169 e. The fraction of sp³-hybridized carbons (Fsp3) is 0.125. The molecule has 5 heteroatoms. The average Bonchev–Trinajstić information content (AvgIpc) is 2.43. The van der Waals surface area contributed by atoms with Gasteiger partial charge in [-0.15, -0.1) is 0 Å². The zero-order valence-corrected chi connectivity index (χ0v) is 11.6. The highest BCUT2D eigenvalue weighted by Gasteiger charge is 2.12. The molecular weight excluding hydrogens is 272 g/mol. The van der Waals surface area contributed by atoms with Crippen molar-refractivity contribution in [2.24, 2.45) is 0 Å². The summed E-state index contributed by atoms with van der Waals surface area (Å²) in [5.41, 5.74) is 0.732. The van der Waals surface area contributed by atoms with E-state index in [-0.39, 0.29) is 34.6 Å². The molecule has 0 saturated heterocycles. The molecule has 0 saturated carbocycles. The second-order valence-corrected chi connectivity index (χ2v) is 4.58. The van der Waals surface area contributed by atoms with Gasteiger partial charge < -0.3 is 14.9 Å². The molecule has 0 unspecified atom stereocenters. The number of benzene rings is 2. The van der Waals surface area contributed by atoms with Crippen LogP contribution < -0.4 is 4.74 Å². The Morgan fingerprint density at radius 3 is 1.52 bits per heavy atom. The molecule has 0 bridgehead atoms. The number of hydrogen-bond donors (Lipinski definition) is 2. The minimum Gasteiger partial charge on any atom is -0.504 e. The first-order chi connectivity index (χ1) is 9.88. The van der Waals surface area contributed by atoms with Crippen LogP contribution in [0, 0.1) is 0 Å². The molecule has 108 valence electrons. The highest BCUT2D eigenvalue weighted by atomic mass is 16.5. The highest BCUT2D eigenvalue weighted by molar-refractivity contribution is 5.95. The Morgan fingerprint density at radius 1 is 0.810 bits per heavy atom. The number of carbonyl (C=O) groups excluding carboxylic acids is 2. The first kappa shape index (κ1) is 14.6. The molecule has 2 aromatic carbocycles. The van der Waals surface area contributed by atoms with Gasteiger partial charge in [0.25, 0.3) is 0 Å². The van der Waals surface area contributed by atoms with Gasteiger partial charge in [-0.05, 0) is 50.2 Å². The van der Waals surface area contributed by atoms with E-state index in [2.05, 4.69) is 0 Å². The zero-order valence-electron chi connectivity index (χ0n) is 11.6. The Balaban J connectivity index is 2.42. The number of rotatable bonds is 4. The maximum atomic E-state index is 11.3. The van der Waals surface area contributed by atoms with E-state index in [0.717, 1.165) is 0 Å².